The molecule has 1 heterocycles. The second-order valence-electron chi connectivity index (χ2n) is 5.81. The molecule has 0 aliphatic carbocycles. The number of nitrogens with zero attached hydrogens (tertiary/aromatic N) is 1. The number of amides is 1. The van der Waals surface area contributed by atoms with Crippen LogP contribution in [-0.2, 0) is 11.3 Å². The van der Waals surface area contributed by atoms with Gasteiger partial charge in [0.15, 0.2) is 6.61 Å². The van der Waals surface area contributed by atoms with Gasteiger partial charge in [-0.1, -0.05) is 23.8 Å². The normalized spacial score (nSPS) is 10.2. The Balaban J connectivity index is 1.45. The molecular formula is C21H20N2O3. The van der Waals surface area contributed by atoms with Crippen LogP contribution in [0.3, 0.4) is 0 Å². The molecule has 0 bridgehead atoms. The van der Waals surface area contributed by atoms with Crippen LogP contribution in [-0.4, -0.2) is 17.5 Å². The van der Waals surface area contributed by atoms with E-state index in [2.05, 4.69) is 10.3 Å². The van der Waals surface area contributed by atoms with Crippen LogP contribution in [0.4, 0.5) is 0 Å². The van der Waals surface area contributed by atoms with E-state index in [1.54, 1.807) is 24.5 Å². The number of hydrogen-bond donors (Lipinski definition) is 1. The van der Waals surface area contributed by atoms with E-state index < -0.39 is 0 Å². The van der Waals surface area contributed by atoms with Gasteiger partial charge in [0.2, 0.25) is 0 Å². The second-order valence-corrected chi connectivity index (χ2v) is 5.81. The van der Waals surface area contributed by atoms with E-state index in [0.717, 1.165) is 11.3 Å². The number of benzene rings is 2. The minimum atomic E-state index is -0.186. The van der Waals surface area contributed by atoms with E-state index in [1.165, 1.54) is 5.56 Å². The van der Waals surface area contributed by atoms with Crippen LogP contribution >= 0.6 is 0 Å². The molecule has 0 saturated heterocycles. The third-order valence-electron chi connectivity index (χ3n) is 3.66. The molecule has 1 N–H and O–H groups in total. The van der Waals surface area contributed by atoms with Crippen LogP contribution in [0, 0.1) is 6.92 Å². The van der Waals surface area contributed by atoms with Gasteiger partial charge in [0, 0.05) is 18.9 Å². The van der Waals surface area contributed by atoms with Crippen molar-refractivity contribution in [2.24, 2.45) is 0 Å². The molecule has 2 aromatic carbocycles. The highest BCUT2D eigenvalue weighted by molar-refractivity contribution is 5.77. The second kappa shape index (κ2) is 8.67. The zero-order valence-corrected chi connectivity index (χ0v) is 14.5. The smallest absolute Gasteiger partial charge is 0.258 e. The van der Waals surface area contributed by atoms with Gasteiger partial charge in [0.05, 0.1) is 0 Å². The van der Waals surface area contributed by atoms with Crippen molar-refractivity contribution < 1.29 is 14.3 Å². The summed E-state index contributed by atoms with van der Waals surface area (Å²) in [6, 6.07) is 18.7. The third kappa shape index (κ3) is 5.34. The van der Waals surface area contributed by atoms with Gasteiger partial charge in [-0.25, -0.2) is 0 Å². The minimum absolute atomic E-state index is 0.0432. The molecule has 132 valence electrons. The Bertz CT molecular complexity index is 831. The van der Waals surface area contributed by atoms with Gasteiger partial charge in [-0.3, -0.25) is 9.78 Å². The molecule has 5 nitrogen and oxygen atoms in total. The Kier molecular flexibility index (Phi) is 5.83. The molecular weight excluding hydrogens is 328 g/mol. The van der Waals surface area contributed by atoms with Gasteiger partial charge >= 0.3 is 0 Å². The lowest BCUT2D eigenvalue weighted by Crippen LogP contribution is -2.28. The van der Waals surface area contributed by atoms with E-state index in [4.69, 9.17) is 9.47 Å². The molecule has 1 amide bonds. The average molecular weight is 348 g/mol. The summed E-state index contributed by atoms with van der Waals surface area (Å²) in [7, 11) is 0. The van der Waals surface area contributed by atoms with E-state index in [9.17, 15) is 4.79 Å². The van der Waals surface area contributed by atoms with Gasteiger partial charge in [0.1, 0.15) is 17.2 Å². The van der Waals surface area contributed by atoms with Crippen molar-refractivity contribution in [3.05, 3.63) is 84.2 Å². The largest absolute Gasteiger partial charge is 0.484 e. The molecule has 26 heavy (non-hydrogen) atoms. The summed E-state index contributed by atoms with van der Waals surface area (Å²) in [5, 5.41) is 2.79. The Morgan fingerprint density at radius 1 is 0.962 bits per heavy atom. The molecule has 0 spiro atoms. The number of pyridine rings is 1. The lowest BCUT2D eigenvalue weighted by Gasteiger charge is -2.09. The van der Waals surface area contributed by atoms with Crippen LogP contribution in [0.2, 0.25) is 0 Å². The number of aryl methyl sites for hydroxylation is 1. The van der Waals surface area contributed by atoms with E-state index in [0.29, 0.717) is 18.0 Å². The standard InChI is InChI=1S/C21H20N2O3/c1-16-4-6-19(7-5-16)26-20-10-8-18(9-11-20)25-15-21(24)23-14-17-3-2-12-22-13-17/h2-13H,14-15H2,1H3,(H,23,24). The molecule has 3 rings (SSSR count). The minimum Gasteiger partial charge on any atom is -0.484 e. The molecule has 1 aromatic heterocycles. The van der Waals surface area contributed by atoms with Gasteiger partial charge in [-0.05, 0) is 55.0 Å². The van der Waals surface area contributed by atoms with Crippen molar-refractivity contribution in [3.63, 3.8) is 0 Å². The third-order valence-corrected chi connectivity index (χ3v) is 3.66. The quantitative estimate of drug-likeness (QED) is 0.704. The number of ether oxygens (including phenoxy) is 2. The first kappa shape index (κ1) is 17.5. The van der Waals surface area contributed by atoms with Crippen molar-refractivity contribution in [2.45, 2.75) is 13.5 Å². The highest BCUT2D eigenvalue weighted by atomic mass is 16.5. The Morgan fingerprint density at radius 3 is 2.27 bits per heavy atom. The number of hydrogen-bond acceptors (Lipinski definition) is 4. The number of aromatic nitrogens is 1. The van der Waals surface area contributed by atoms with Crippen LogP contribution in [0.1, 0.15) is 11.1 Å². The number of nitrogens with one attached hydrogen (secondary N) is 1. The molecule has 0 atom stereocenters. The highest BCUT2D eigenvalue weighted by Gasteiger charge is 2.04. The fourth-order valence-electron chi connectivity index (χ4n) is 2.25. The lowest BCUT2D eigenvalue weighted by molar-refractivity contribution is -0.123. The zero-order chi connectivity index (χ0) is 18.2. The lowest BCUT2D eigenvalue weighted by atomic mass is 10.2. The number of rotatable bonds is 7. The molecule has 0 saturated carbocycles. The van der Waals surface area contributed by atoms with Crippen molar-refractivity contribution in [1.29, 1.82) is 0 Å². The summed E-state index contributed by atoms with van der Waals surface area (Å²) in [5.74, 6) is 1.91. The monoisotopic (exact) mass is 348 g/mol. The number of carbonyl (C=O) groups excluding carboxylic acids is 1. The molecule has 3 aromatic rings. The first-order chi connectivity index (χ1) is 12.7. The summed E-state index contributed by atoms with van der Waals surface area (Å²) in [6.45, 7) is 2.42. The highest BCUT2D eigenvalue weighted by Crippen LogP contribution is 2.24. The van der Waals surface area contributed by atoms with Crippen LogP contribution in [0.5, 0.6) is 17.2 Å². The first-order valence-electron chi connectivity index (χ1n) is 8.32. The molecule has 0 fully saturated rings. The maximum absolute atomic E-state index is 11.8. The molecule has 0 radical (unpaired) electrons. The summed E-state index contributed by atoms with van der Waals surface area (Å²) in [4.78, 5) is 15.8. The maximum Gasteiger partial charge on any atom is 0.258 e. The SMILES string of the molecule is Cc1ccc(Oc2ccc(OCC(=O)NCc3cccnc3)cc2)cc1. The summed E-state index contributed by atoms with van der Waals surface area (Å²) >= 11 is 0. The van der Waals surface area contributed by atoms with E-state index in [-0.39, 0.29) is 12.5 Å². The van der Waals surface area contributed by atoms with Gasteiger partial charge in [-0.15, -0.1) is 0 Å². The predicted octanol–water partition coefficient (Wildman–Crippen LogP) is 3.88. The molecule has 0 aliphatic rings. The Morgan fingerprint density at radius 2 is 1.62 bits per heavy atom. The van der Waals surface area contributed by atoms with Crippen LogP contribution in [0.15, 0.2) is 73.1 Å². The first-order valence-corrected chi connectivity index (χ1v) is 8.32. The van der Waals surface area contributed by atoms with Crippen LogP contribution < -0.4 is 14.8 Å². The van der Waals surface area contributed by atoms with Gasteiger partial charge < -0.3 is 14.8 Å². The van der Waals surface area contributed by atoms with Gasteiger partial charge in [0.25, 0.3) is 5.91 Å². The maximum atomic E-state index is 11.8. The molecule has 0 unspecified atom stereocenters. The fourth-order valence-corrected chi connectivity index (χ4v) is 2.25. The summed E-state index contributed by atoms with van der Waals surface area (Å²) < 4.78 is 11.3. The Labute approximate surface area is 152 Å². The summed E-state index contributed by atoms with van der Waals surface area (Å²) in [6.07, 6.45) is 3.41. The topological polar surface area (TPSA) is 60.5 Å². The van der Waals surface area contributed by atoms with Crippen molar-refractivity contribution in [1.82, 2.24) is 10.3 Å². The van der Waals surface area contributed by atoms with Crippen molar-refractivity contribution in [2.75, 3.05) is 6.61 Å². The van der Waals surface area contributed by atoms with Crippen molar-refractivity contribution in [3.8, 4) is 17.2 Å². The van der Waals surface area contributed by atoms with Gasteiger partial charge in [-0.2, -0.15) is 0 Å². The molecule has 5 heteroatoms. The fraction of sp³-hybridized carbons (Fsp3) is 0.143. The average Bonchev–Trinajstić information content (AvgIpc) is 2.68. The van der Waals surface area contributed by atoms with Crippen LogP contribution in [0.25, 0.3) is 0 Å². The predicted molar refractivity (Wildman–Crippen MR) is 99.3 cm³/mol. The molecule has 0 aliphatic heterocycles. The zero-order valence-electron chi connectivity index (χ0n) is 14.5. The van der Waals surface area contributed by atoms with Crippen molar-refractivity contribution >= 4 is 5.91 Å². The number of carbonyl (C=O) groups is 1. The summed E-state index contributed by atoms with van der Waals surface area (Å²) in [5.41, 5.74) is 2.13. The Hall–Kier alpha value is -3.34. The van der Waals surface area contributed by atoms with E-state index >= 15 is 0 Å². The van der Waals surface area contributed by atoms with E-state index in [1.807, 2.05) is 55.5 Å².